The molecule has 1 saturated carbocycles. The molecule has 1 fully saturated rings. The third-order valence-corrected chi connectivity index (χ3v) is 4.69. The molecule has 1 aliphatic carbocycles. The summed E-state index contributed by atoms with van der Waals surface area (Å²) in [5, 5.41) is 5.65. The average molecular weight is 347 g/mol. The van der Waals surface area contributed by atoms with Gasteiger partial charge in [-0.1, -0.05) is 30.3 Å². The number of carbonyl (C=O) groups excluding carboxylic acids is 2. The first-order valence-corrected chi connectivity index (χ1v) is 9.11. The van der Waals surface area contributed by atoms with Crippen molar-refractivity contribution in [3.63, 3.8) is 0 Å². The maximum absolute atomic E-state index is 12.1. The normalized spacial score (nSPS) is 19.9. The third kappa shape index (κ3) is 7.13. The summed E-state index contributed by atoms with van der Waals surface area (Å²) in [4.78, 5) is 23.7. The summed E-state index contributed by atoms with van der Waals surface area (Å²) in [6, 6.07) is 9.54. The van der Waals surface area contributed by atoms with Crippen LogP contribution >= 0.6 is 0 Å². The maximum Gasteiger partial charge on any atom is 0.407 e. The van der Waals surface area contributed by atoms with Crippen LogP contribution < -0.4 is 16.4 Å². The van der Waals surface area contributed by atoms with Crippen LogP contribution in [0.15, 0.2) is 30.3 Å². The zero-order valence-corrected chi connectivity index (χ0v) is 14.7. The van der Waals surface area contributed by atoms with Crippen LogP contribution in [0, 0.1) is 11.8 Å². The summed E-state index contributed by atoms with van der Waals surface area (Å²) in [5.74, 6) is 0.823. The number of hydrogen-bond acceptors (Lipinski definition) is 4. The molecular formula is C19H29N3O3. The minimum absolute atomic E-state index is 0.117. The van der Waals surface area contributed by atoms with Gasteiger partial charge in [0.1, 0.15) is 6.61 Å². The molecule has 138 valence electrons. The highest BCUT2D eigenvalue weighted by Crippen LogP contribution is 2.28. The maximum atomic E-state index is 12.1. The van der Waals surface area contributed by atoms with Gasteiger partial charge in [0, 0.05) is 19.0 Å². The molecule has 1 aliphatic rings. The number of rotatable bonds is 8. The van der Waals surface area contributed by atoms with E-state index in [2.05, 4.69) is 10.6 Å². The van der Waals surface area contributed by atoms with Gasteiger partial charge in [0.2, 0.25) is 5.91 Å². The molecule has 0 atom stereocenters. The molecule has 0 bridgehead atoms. The van der Waals surface area contributed by atoms with Crippen LogP contribution in [-0.4, -0.2) is 31.6 Å². The molecular weight excluding hydrogens is 318 g/mol. The average Bonchev–Trinajstić information content (AvgIpc) is 2.67. The van der Waals surface area contributed by atoms with E-state index < -0.39 is 6.09 Å². The van der Waals surface area contributed by atoms with Gasteiger partial charge in [-0.05, 0) is 50.1 Å². The SMILES string of the molecule is NCC1CCC(C(=O)NCCCNC(=O)OCc2ccccc2)CC1. The fourth-order valence-corrected chi connectivity index (χ4v) is 3.07. The second kappa shape index (κ2) is 10.7. The van der Waals surface area contributed by atoms with E-state index >= 15 is 0 Å². The second-order valence-corrected chi connectivity index (χ2v) is 6.59. The van der Waals surface area contributed by atoms with Gasteiger partial charge in [0.05, 0.1) is 0 Å². The molecule has 6 heteroatoms. The van der Waals surface area contributed by atoms with E-state index in [0.29, 0.717) is 25.4 Å². The number of amides is 2. The molecule has 0 unspecified atom stereocenters. The lowest BCUT2D eigenvalue weighted by molar-refractivity contribution is -0.126. The molecule has 4 N–H and O–H groups in total. The van der Waals surface area contributed by atoms with Gasteiger partial charge in [-0.3, -0.25) is 4.79 Å². The first kappa shape index (κ1) is 19.2. The summed E-state index contributed by atoms with van der Waals surface area (Å²) in [6.45, 7) is 2.03. The number of nitrogens with two attached hydrogens (primary N) is 1. The second-order valence-electron chi connectivity index (χ2n) is 6.59. The Balaban J connectivity index is 1.50. The minimum Gasteiger partial charge on any atom is -0.445 e. The van der Waals surface area contributed by atoms with Crippen molar-refractivity contribution >= 4 is 12.0 Å². The zero-order valence-electron chi connectivity index (χ0n) is 14.7. The van der Waals surface area contributed by atoms with Crippen LogP contribution in [0.3, 0.4) is 0 Å². The Hall–Kier alpha value is -2.08. The van der Waals surface area contributed by atoms with E-state index in [1.54, 1.807) is 0 Å². The lowest BCUT2D eigenvalue weighted by Gasteiger charge is -2.26. The highest BCUT2D eigenvalue weighted by Gasteiger charge is 2.25. The zero-order chi connectivity index (χ0) is 17.9. The number of hydrogen-bond donors (Lipinski definition) is 3. The summed E-state index contributed by atoms with van der Waals surface area (Å²) in [6.07, 6.45) is 4.20. The van der Waals surface area contributed by atoms with Crippen molar-refractivity contribution in [3.8, 4) is 0 Å². The van der Waals surface area contributed by atoms with Crippen molar-refractivity contribution in [2.75, 3.05) is 19.6 Å². The van der Waals surface area contributed by atoms with Gasteiger partial charge in [0.15, 0.2) is 0 Å². The highest BCUT2D eigenvalue weighted by molar-refractivity contribution is 5.78. The molecule has 1 aromatic carbocycles. The summed E-state index contributed by atoms with van der Waals surface area (Å²) in [7, 11) is 0. The van der Waals surface area contributed by atoms with E-state index in [4.69, 9.17) is 10.5 Å². The number of carbonyl (C=O) groups is 2. The Kier molecular flexibility index (Phi) is 8.25. The Labute approximate surface area is 149 Å². The van der Waals surface area contributed by atoms with Crippen LogP contribution in [0.2, 0.25) is 0 Å². The molecule has 0 aromatic heterocycles. The van der Waals surface area contributed by atoms with Gasteiger partial charge < -0.3 is 21.1 Å². The first-order chi connectivity index (χ1) is 12.2. The van der Waals surface area contributed by atoms with Crippen molar-refractivity contribution < 1.29 is 14.3 Å². The summed E-state index contributed by atoms with van der Waals surface area (Å²) in [5.41, 5.74) is 6.63. The van der Waals surface area contributed by atoms with Crippen LogP contribution in [0.5, 0.6) is 0 Å². The first-order valence-electron chi connectivity index (χ1n) is 9.11. The van der Waals surface area contributed by atoms with Crippen molar-refractivity contribution in [1.82, 2.24) is 10.6 Å². The Morgan fingerprint density at radius 1 is 1.04 bits per heavy atom. The van der Waals surface area contributed by atoms with Gasteiger partial charge in [-0.2, -0.15) is 0 Å². The molecule has 6 nitrogen and oxygen atoms in total. The van der Waals surface area contributed by atoms with Crippen molar-refractivity contribution in [1.29, 1.82) is 0 Å². The van der Waals surface area contributed by atoms with Crippen LogP contribution in [0.4, 0.5) is 4.79 Å². The Morgan fingerprint density at radius 2 is 1.72 bits per heavy atom. The molecule has 2 amide bonds. The number of alkyl carbamates (subject to hydrolysis) is 1. The quantitative estimate of drug-likeness (QED) is 0.628. The molecule has 2 rings (SSSR count). The molecule has 1 aromatic rings. The fraction of sp³-hybridized carbons (Fsp3) is 0.579. The van der Waals surface area contributed by atoms with Crippen LogP contribution in [0.1, 0.15) is 37.7 Å². The summed E-state index contributed by atoms with van der Waals surface area (Å²) >= 11 is 0. The third-order valence-electron chi connectivity index (χ3n) is 4.69. The van der Waals surface area contributed by atoms with Gasteiger partial charge in [-0.15, -0.1) is 0 Å². The topological polar surface area (TPSA) is 93.5 Å². The Bertz CT molecular complexity index is 528. The molecule has 0 aliphatic heterocycles. The predicted molar refractivity (Wildman–Crippen MR) is 96.8 cm³/mol. The highest BCUT2D eigenvalue weighted by atomic mass is 16.5. The smallest absolute Gasteiger partial charge is 0.407 e. The van der Waals surface area contributed by atoms with Gasteiger partial charge in [-0.25, -0.2) is 4.79 Å². The molecule has 25 heavy (non-hydrogen) atoms. The lowest BCUT2D eigenvalue weighted by Crippen LogP contribution is -2.36. The number of benzene rings is 1. The molecule has 0 heterocycles. The monoisotopic (exact) mass is 347 g/mol. The molecule has 0 spiro atoms. The van der Waals surface area contributed by atoms with Crippen LogP contribution in [-0.2, 0) is 16.1 Å². The Morgan fingerprint density at radius 3 is 2.40 bits per heavy atom. The minimum atomic E-state index is -0.435. The van der Waals surface area contributed by atoms with Crippen molar-refractivity contribution in [2.24, 2.45) is 17.6 Å². The predicted octanol–water partition coefficient (Wildman–Crippen LogP) is 2.18. The fourth-order valence-electron chi connectivity index (χ4n) is 3.07. The van der Waals surface area contributed by atoms with E-state index in [1.165, 1.54) is 0 Å². The van der Waals surface area contributed by atoms with Crippen molar-refractivity contribution in [2.45, 2.75) is 38.7 Å². The van der Waals surface area contributed by atoms with Crippen LogP contribution in [0.25, 0.3) is 0 Å². The van der Waals surface area contributed by atoms with E-state index in [0.717, 1.165) is 37.8 Å². The van der Waals surface area contributed by atoms with E-state index in [1.807, 2.05) is 30.3 Å². The summed E-state index contributed by atoms with van der Waals surface area (Å²) < 4.78 is 5.12. The number of nitrogens with one attached hydrogen (secondary N) is 2. The number of ether oxygens (including phenoxy) is 1. The van der Waals surface area contributed by atoms with Crippen molar-refractivity contribution in [3.05, 3.63) is 35.9 Å². The molecule has 0 saturated heterocycles. The standard InChI is InChI=1S/C19H29N3O3/c20-13-15-7-9-17(10-8-15)18(23)21-11-4-12-22-19(24)25-14-16-5-2-1-3-6-16/h1-3,5-6,15,17H,4,7-14,20H2,(H,21,23)(H,22,24). The molecule has 0 radical (unpaired) electrons. The lowest BCUT2D eigenvalue weighted by atomic mass is 9.81. The van der Waals surface area contributed by atoms with E-state index in [9.17, 15) is 9.59 Å². The van der Waals surface area contributed by atoms with Gasteiger partial charge in [0.25, 0.3) is 0 Å². The van der Waals surface area contributed by atoms with E-state index in [-0.39, 0.29) is 18.4 Å². The largest absolute Gasteiger partial charge is 0.445 e. The van der Waals surface area contributed by atoms with Gasteiger partial charge >= 0.3 is 6.09 Å².